The van der Waals surface area contributed by atoms with E-state index in [2.05, 4.69) is 26.3 Å². The third kappa shape index (κ3) is 3.52. The first-order valence-corrected chi connectivity index (χ1v) is 7.02. The molecule has 0 spiro atoms. The van der Waals surface area contributed by atoms with E-state index >= 15 is 0 Å². The van der Waals surface area contributed by atoms with Crippen molar-refractivity contribution in [3.05, 3.63) is 40.1 Å². The molecule has 1 N–H and O–H groups in total. The van der Waals surface area contributed by atoms with E-state index < -0.39 is 0 Å². The fourth-order valence-electron chi connectivity index (χ4n) is 1.95. The van der Waals surface area contributed by atoms with Gasteiger partial charge in [-0.05, 0) is 6.07 Å². The first kappa shape index (κ1) is 14.9. The molecule has 0 aliphatic carbocycles. The van der Waals surface area contributed by atoms with Crippen molar-refractivity contribution in [1.82, 2.24) is 15.1 Å². The highest BCUT2D eigenvalue weighted by atomic mass is 79.9. The Hall–Kier alpha value is -1.53. The summed E-state index contributed by atoms with van der Waals surface area (Å²) in [7, 11) is 5.21. The summed E-state index contributed by atoms with van der Waals surface area (Å²) in [6.07, 6.45) is 3.85. The van der Waals surface area contributed by atoms with E-state index in [4.69, 9.17) is 9.47 Å². The molecule has 1 aromatic carbocycles. The number of aromatic nitrogens is 2. The van der Waals surface area contributed by atoms with Crippen LogP contribution in [-0.4, -0.2) is 24.0 Å². The van der Waals surface area contributed by atoms with E-state index in [9.17, 15) is 0 Å². The van der Waals surface area contributed by atoms with E-state index in [0.717, 1.165) is 33.6 Å². The molecule has 2 rings (SSSR count). The van der Waals surface area contributed by atoms with E-state index in [1.54, 1.807) is 18.9 Å². The summed E-state index contributed by atoms with van der Waals surface area (Å²) in [5.74, 6) is 1.57. The largest absolute Gasteiger partial charge is 0.497 e. The number of halogens is 1. The lowest BCUT2D eigenvalue weighted by Crippen LogP contribution is -2.13. The van der Waals surface area contributed by atoms with Crippen molar-refractivity contribution in [1.29, 1.82) is 0 Å². The minimum atomic E-state index is 0.697. The fraction of sp³-hybridized carbons (Fsp3) is 0.357. The van der Waals surface area contributed by atoms with Crippen molar-refractivity contribution >= 4 is 15.9 Å². The molecule has 1 aromatic heterocycles. The summed E-state index contributed by atoms with van der Waals surface area (Å²) in [6.45, 7) is 1.46. The number of hydrogen-bond acceptors (Lipinski definition) is 4. The Morgan fingerprint density at radius 2 is 2.05 bits per heavy atom. The van der Waals surface area contributed by atoms with Crippen molar-refractivity contribution in [2.24, 2.45) is 7.05 Å². The maximum atomic E-state index is 5.41. The number of nitrogens with zero attached hydrogens (tertiary/aromatic N) is 2. The van der Waals surface area contributed by atoms with E-state index in [1.165, 1.54) is 0 Å². The molecule has 6 heteroatoms. The minimum Gasteiger partial charge on any atom is -0.497 e. The predicted molar refractivity (Wildman–Crippen MR) is 81.0 cm³/mol. The summed E-state index contributed by atoms with van der Waals surface area (Å²) < 4.78 is 13.4. The zero-order valence-corrected chi connectivity index (χ0v) is 13.4. The molecule has 0 atom stereocenters. The number of aryl methyl sites for hydroxylation is 1. The molecule has 5 nitrogen and oxygen atoms in total. The number of hydrogen-bond donors (Lipinski definition) is 1. The smallest absolute Gasteiger partial charge is 0.128 e. The van der Waals surface area contributed by atoms with Crippen LogP contribution in [0.5, 0.6) is 11.5 Å². The van der Waals surface area contributed by atoms with Crippen molar-refractivity contribution in [3.63, 3.8) is 0 Å². The number of methoxy groups -OCH3 is 2. The Bertz CT molecular complexity index is 584. The summed E-state index contributed by atoms with van der Waals surface area (Å²) >= 11 is 3.55. The van der Waals surface area contributed by atoms with Gasteiger partial charge in [0.25, 0.3) is 0 Å². The minimum absolute atomic E-state index is 0.697. The van der Waals surface area contributed by atoms with Crippen molar-refractivity contribution in [2.45, 2.75) is 13.1 Å². The van der Waals surface area contributed by atoms with Gasteiger partial charge in [-0.15, -0.1) is 0 Å². The van der Waals surface area contributed by atoms with E-state index in [0.29, 0.717) is 6.54 Å². The van der Waals surface area contributed by atoms with Crippen LogP contribution in [0.25, 0.3) is 0 Å². The number of benzene rings is 1. The van der Waals surface area contributed by atoms with Gasteiger partial charge in [-0.3, -0.25) is 4.68 Å². The Morgan fingerprint density at radius 3 is 2.65 bits per heavy atom. The molecular weight excluding hydrogens is 322 g/mol. The lowest BCUT2D eigenvalue weighted by molar-refractivity contribution is 0.389. The molecule has 0 aliphatic rings. The zero-order chi connectivity index (χ0) is 14.5. The lowest BCUT2D eigenvalue weighted by atomic mass is 10.2. The molecule has 0 bridgehead atoms. The van der Waals surface area contributed by atoms with E-state index in [-0.39, 0.29) is 0 Å². The van der Waals surface area contributed by atoms with Gasteiger partial charge in [0.1, 0.15) is 11.5 Å². The topological polar surface area (TPSA) is 48.3 Å². The maximum absolute atomic E-state index is 5.41. The maximum Gasteiger partial charge on any atom is 0.128 e. The van der Waals surface area contributed by atoms with Crippen LogP contribution in [0.15, 0.2) is 29.0 Å². The van der Waals surface area contributed by atoms with Crippen molar-refractivity contribution < 1.29 is 9.47 Å². The quantitative estimate of drug-likeness (QED) is 0.878. The normalized spacial score (nSPS) is 10.6. The summed E-state index contributed by atoms with van der Waals surface area (Å²) in [5.41, 5.74) is 2.22. The van der Waals surface area contributed by atoms with Crippen LogP contribution in [0.3, 0.4) is 0 Å². The van der Waals surface area contributed by atoms with Gasteiger partial charge in [-0.2, -0.15) is 5.10 Å². The molecule has 108 valence electrons. The predicted octanol–water partition coefficient (Wildman–Crippen LogP) is 2.49. The highest BCUT2D eigenvalue weighted by Gasteiger charge is 2.10. The standard InChI is InChI=1S/C14H18BrN3O2/c1-18-9-10(7-17-18)6-16-8-12-13(15)4-11(19-2)5-14(12)20-3/h4-5,7,9,16H,6,8H2,1-3H3. The number of nitrogens with one attached hydrogen (secondary N) is 1. The third-order valence-electron chi connectivity index (χ3n) is 2.97. The Labute approximate surface area is 127 Å². The molecule has 0 saturated carbocycles. The van der Waals surface area contributed by atoms with Crippen molar-refractivity contribution in [3.8, 4) is 11.5 Å². The van der Waals surface area contributed by atoms with Crippen LogP contribution in [-0.2, 0) is 20.1 Å². The first-order valence-electron chi connectivity index (χ1n) is 6.22. The molecule has 0 radical (unpaired) electrons. The van der Waals surface area contributed by atoms with Crippen LogP contribution in [0.4, 0.5) is 0 Å². The molecule has 2 aromatic rings. The monoisotopic (exact) mass is 339 g/mol. The average Bonchev–Trinajstić information content (AvgIpc) is 2.85. The highest BCUT2D eigenvalue weighted by molar-refractivity contribution is 9.10. The van der Waals surface area contributed by atoms with Gasteiger partial charge in [-0.25, -0.2) is 0 Å². The summed E-state index contributed by atoms with van der Waals surface area (Å²) in [6, 6.07) is 3.81. The number of rotatable bonds is 6. The Balaban J connectivity index is 2.05. The molecule has 0 aliphatic heterocycles. The molecule has 0 fully saturated rings. The Kier molecular flexibility index (Phi) is 5.03. The second-order valence-electron chi connectivity index (χ2n) is 4.42. The summed E-state index contributed by atoms with van der Waals surface area (Å²) in [5, 5.41) is 7.52. The van der Waals surface area contributed by atoms with Crippen LogP contribution in [0, 0.1) is 0 Å². The second-order valence-corrected chi connectivity index (χ2v) is 5.27. The zero-order valence-electron chi connectivity index (χ0n) is 11.8. The van der Waals surface area contributed by atoms with E-state index in [1.807, 2.05) is 31.6 Å². The van der Waals surface area contributed by atoms with Crippen LogP contribution in [0.2, 0.25) is 0 Å². The number of ether oxygens (including phenoxy) is 2. The molecule has 0 saturated heterocycles. The fourth-order valence-corrected chi connectivity index (χ4v) is 2.52. The molecule has 0 unspecified atom stereocenters. The van der Waals surface area contributed by atoms with Crippen LogP contribution in [0.1, 0.15) is 11.1 Å². The lowest BCUT2D eigenvalue weighted by Gasteiger charge is -2.13. The SMILES string of the molecule is COc1cc(Br)c(CNCc2cnn(C)c2)c(OC)c1. The summed E-state index contributed by atoms with van der Waals surface area (Å²) in [4.78, 5) is 0. The van der Waals surface area contributed by atoms with Crippen molar-refractivity contribution in [2.75, 3.05) is 14.2 Å². The third-order valence-corrected chi connectivity index (χ3v) is 3.68. The van der Waals surface area contributed by atoms with Gasteiger partial charge < -0.3 is 14.8 Å². The molecule has 20 heavy (non-hydrogen) atoms. The van der Waals surface area contributed by atoms with Gasteiger partial charge in [0.05, 0.1) is 20.4 Å². The van der Waals surface area contributed by atoms with Crippen LogP contribution < -0.4 is 14.8 Å². The van der Waals surface area contributed by atoms with Gasteiger partial charge in [-0.1, -0.05) is 15.9 Å². The van der Waals surface area contributed by atoms with Gasteiger partial charge in [0.15, 0.2) is 0 Å². The van der Waals surface area contributed by atoms with Gasteiger partial charge in [0, 0.05) is 48.0 Å². The first-order chi connectivity index (χ1) is 9.63. The Morgan fingerprint density at radius 1 is 1.25 bits per heavy atom. The molecule has 0 amide bonds. The van der Waals surface area contributed by atoms with Gasteiger partial charge in [0.2, 0.25) is 0 Å². The average molecular weight is 340 g/mol. The highest BCUT2D eigenvalue weighted by Crippen LogP contribution is 2.32. The molecule has 1 heterocycles. The second kappa shape index (κ2) is 6.76. The van der Waals surface area contributed by atoms with Gasteiger partial charge >= 0.3 is 0 Å². The van der Waals surface area contributed by atoms with Crippen LogP contribution >= 0.6 is 15.9 Å². The molecular formula is C14H18BrN3O2.